The minimum Gasteiger partial charge on any atom is -0.414 e. The monoisotopic (exact) mass is 400 g/mol. The Kier molecular flexibility index (Phi) is 12.6. The van der Waals surface area contributed by atoms with Crippen LogP contribution in [0.25, 0.3) is 0 Å². The SMILES string of the molecule is CCCCC/C=C\C[C@@H](CO[Si](CC)(CC)CC)O[Si](C)(C)C(C)(C)C. The van der Waals surface area contributed by atoms with Crippen molar-refractivity contribution in [2.24, 2.45) is 0 Å². The van der Waals surface area contributed by atoms with E-state index in [0.717, 1.165) is 13.0 Å². The second-order valence-electron chi connectivity index (χ2n) is 9.26. The molecule has 0 aliphatic heterocycles. The molecule has 0 aromatic heterocycles. The lowest BCUT2D eigenvalue weighted by atomic mass is 10.2. The van der Waals surface area contributed by atoms with Crippen molar-refractivity contribution in [3.63, 3.8) is 0 Å². The molecule has 0 aromatic carbocycles. The summed E-state index contributed by atoms with van der Waals surface area (Å²) < 4.78 is 13.3. The zero-order valence-corrected chi connectivity index (χ0v) is 21.4. The van der Waals surface area contributed by atoms with Crippen molar-refractivity contribution in [3.8, 4) is 0 Å². The van der Waals surface area contributed by atoms with E-state index in [9.17, 15) is 0 Å². The van der Waals surface area contributed by atoms with Gasteiger partial charge in [0.2, 0.25) is 0 Å². The number of rotatable bonds is 14. The Morgan fingerprint density at radius 2 is 1.46 bits per heavy atom. The number of hydrogen-bond donors (Lipinski definition) is 0. The van der Waals surface area contributed by atoms with Crippen LogP contribution in [-0.2, 0) is 8.85 Å². The molecule has 0 heterocycles. The molecule has 0 saturated heterocycles. The zero-order chi connectivity index (χ0) is 20.3. The first-order chi connectivity index (χ1) is 12.1. The highest BCUT2D eigenvalue weighted by Gasteiger charge is 2.39. The van der Waals surface area contributed by atoms with Crippen LogP contribution in [0.2, 0.25) is 36.3 Å². The van der Waals surface area contributed by atoms with Crippen LogP contribution >= 0.6 is 0 Å². The summed E-state index contributed by atoms with van der Waals surface area (Å²) in [5.41, 5.74) is 0. The Hall–Kier alpha value is 0.0938. The van der Waals surface area contributed by atoms with Crippen molar-refractivity contribution < 1.29 is 8.85 Å². The first kappa shape index (κ1) is 26.1. The van der Waals surface area contributed by atoms with E-state index in [4.69, 9.17) is 8.85 Å². The molecular formula is C22H48O2Si2. The Labute approximate surface area is 167 Å². The summed E-state index contributed by atoms with van der Waals surface area (Å²) in [6.07, 6.45) is 11.0. The second-order valence-corrected chi connectivity index (χ2v) is 18.8. The smallest absolute Gasteiger partial charge is 0.192 e. The molecule has 0 radical (unpaired) electrons. The van der Waals surface area contributed by atoms with Gasteiger partial charge in [-0.05, 0) is 55.5 Å². The fourth-order valence-corrected chi connectivity index (χ4v) is 6.95. The van der Waals surface area contributed by atoms with E-state index in [0.29, 0.717) is 0 Å². The molecule has 0 spiro atoms. The normalized spacial score (nSPS) is 15.0. The fourth-order valence-electron chi connectivity index (χ4n) is 2.95. The van der Waals surface area contributed by atoms with Gasteiger partial charge in [-0.15, -0.1) is 0 Å². The molecule has 0 fully saturated rings. The van der Waals surface area contributed by atoms with E-state index in [-0.39, 0.29) is 11.1 Å². The lowest BCUT2D eigenvalue weighted by molar-refractivity contribution is 0.111. The van der Waals surface area contributed by atoms with Crippen LogP contribution in [0.4, 0.5) is 0 Å². The van der Waals surface area contributed by atoms with Crippen molar-refractivity contribution >= 4 is 16.6 Å². The molecule has 26 heavy (non-hydrogen) atoms. The summed E-state index contributed by atoms with van der Waals surface area (Å²) in [6.45, 7) is 21.6. The highest BCUT2D eigenvalue weighted by atomic mass is 28.4. The van der Waals surface area contributed by atoms with Crippen molar-refractivity contribution in [2.75, 3.05) is 6.61 Å². The highest BCUT2D eigenvalue weighted by molar-refractivity contribution is 6.74. The molecule has 0 unspecified atom stereocenters. The highest BCUT2D eigenvalue weighted by Crippen LogP contribution is 2.38. The van der Waals surface area contributed by atoms with Gasteiger partial charge in [-0.1, -0.05) is 73.5 Å². The topological polar surface area (TPSA) is 18.5 Å². The van der Waals surface area contributed by atoms with Gasteiger partial charge in [0.05, 0.1) is 12.7 Å². The van der Waals surface area contributed by atoms with Crippen LogP contribution in [0.3, 0.4) is 0 Å². The molecule has 1 atom stereocenters. The minimum atomic E-state index is -1.77. The molecular weight excluding hydrogens is 352 g/mol. The molecule has 0 N–H and O–H groups in total. The molecule has 156 valence electrons. The molecule has 4 heteroatoms. The molecule has 0 rings (SSSR count). The van der Waals surface area contributed by atoms with Crippen LogP contribution in [0, 0.1) is 0 Å². The number of allylic oxidation sites excluding steroid dienone is 1. The summed E-state index contributed by atoms with van der Waals surface area (Å²) in [6, 6.07) is 3.62. The summed E-state index contributed by atoms with van der Waals surface area (Å²) in [5.74, 6) is 0. The van der Waals surface area contributed by atoms with Gasteiger partial charge in [0.15, 0.2) is 16.6 Å². The average molecular weight is 401 g/mol. The van der Waals surface area contributed by atoms with Gasteiger partial charge in [0.1, 0.15) is 0 Å². The molecule has 0 saturated carbocycles. The lowest BCUT2D eigenvalue weighted by Gasteiger charge is -2.40. The third-order valence-electron chi connectivity index (χ3n) is 6.32. The van der Waals surface area contributed by atoms with E-state index in [1.165, 1.54) is 43.8 Å². The molecule has 0 aliphatic rings. The van der Waals surface area contributed by atoms with Gasteiger partial charge in [0.25, 0.3) is 0 Å². The van der Waals surface area contributed by atoms with Crippen molar-refractivity contribution in [1.29, 1.82) is 0 Å². The summed E-state index contributed by atoms with van der Waals surface area (Å²) in [7, 11) is -3.33. The molecule has 0 aliphatic carbocycles. The van der Waals surface area contributed by atoms with Crippen LogP contribution in [0.5, 0.6) is 0 Å². The van der Waals surface area contributed by atoms with Gasteiger partial charge in [-0.25, -0.2) is 0 Å². The Morgan fingerprint density at radius 1 is 0.885 bits per heavy atom. The maximum absolute atomic E-state index is 6.74. The summed E-state index contributed by atoms with van der Waals surface area (Å²) in [5, 5.41) is 0.241. The lowest BCUT2D eigenvalue weighted by Crippen LogP contribution is -2.46. The summed E-state index contributed by atoms with van der Waals surface area (Å²) in [4.78, 5) is 0. The van der Waals surface area contributed by atoms with Crippen molar-refractivity contribution in [2.45, 2.75) is 123 Å². The molecule has 0 bridgehead atoms. The van der Waals surface area contributed by atoms with Crippen LogP contribution in [0.1, 0.15) is 80.6 Å². The number of hydrogen-bond acceptors (Lipinski definition) is 2. The maximum Gasteiger partial charge on any atom is 0.192 e. The predicted octanol–water partition coefficient (Wildman–Crippen LogP) is 7.93. The Bertz CT molecular complexity index is 374. The maximum atomic E-state index is 6.74. The third kappa shape index (κ3) is 9.34. The minimum absolute atomic E-state index is 0.204. The van der Waals surface area contributed by atoms with Gasteiger partial charge in [0, 0.05) is 0 Å². The average Bonchev–Trinajstić information content (AvgIpc) is 2.58. The second kappa shape index (κ2) is 12.5. The summed E-state index contributed by atoms with van der Waals surface area (Å²) >= 11 is 0. The van der Waals surface area contributed by atoms with E-state index in [1.54, 1.807) is 0 Å². The molecule has 0 aromatic rings. The fraction of sp³-hybridized carbons (Fsp3) is 0.909. The largest absolute Gasteiger partial charge is 0.414 e. The van der Waals surface area contributed by atoms with Crippen LogP contribution in [0.15, 0.2) is 12.2 Å². The van der Waals surface area contributed by atoms with Gasteiger partial charge < -0.3 is 8.85 Å². The van der Waals surface area contributed by atoms with Crippen LogP contribution < -0.4 is 0 Å². The van der Waals surface area contributed by atoms with Crippen molar-refractivity contribution in [1.82, 2.24) is 0 Å². The van der Waals surface area contributed by atoms with Gasteiger partial charge in [-0.2, -0.15) is 0 Å². The van der Waals surface area contributed by atoms with Crippen LogP contribution in [-0.4, -0.2) is 29.3 Å². The Balaban J connectivity index is 4.93. The first-order valence-electron chi connectivity index (χ1n) is 11.0. The van der Waals surface area contributed by atoms with Gasteiger partial charge >= 0.3 is 0 Å². The predicted molar refractivity (Wildman–Crippen MR) is 123 cm³/mol. The van der Waals surface area contributed by atoms with E-state index < -0.39 is 16.6 Å². The number of unbranched alkanes of at least 4 members (excludes halogenated alkanes) is 3. The quantitative estimate of drug-likeness (QED) is 0.167. The molecule has 2 nitrogen and oxygen atoms in total. The third-order valence-corrected chi connectivity index (χ3v) is 15.5. The van der Waals surface area contributed by atoms with E-state index >= 15 is 0 Å². The standard InChI is InChI=1S/C22H48O2Si2/c1-10-14-15-16-17-18-19-21(24-25(8,9)22(5,6)7)20-23-26(11-2,12-3)13-4/h17-18,21H,10-16,19-20H2,1-9H3/b18-17-/t21-/m0/s1. The van der Waals surface area contributed by atoms with Crippen molar-refractivity contribution in [3.05, 3.63) is 12.2 Å². The first-order valence-corrected chi connectivity index (χ1v) is 16.5. The molecule has 0 amide bonds. The van der Waals surface area contributed by atoms with E-state index in [1.807, 2.05) is 0 Å². The Morgan fingerprint density at radius 3 is 1.92 bits per heavy atom. The van der Waals surface area contributed by atoms with Gasteiger partial charge in [-0.3, -0.25) is 0 Å². The zero-order valence-electron chi connectivity index (χ0n) is 19.4. The van der Waals surface area contributed by atoms with E-state index in [2.05, 4.69) is 73.7 Å².